The van der Waals surface area contributed by atoms with E-state index in [4.69, 9.17) is 4.42 Å². The third kappa shape index (κ3) is 4.40. The van der Waals surface area contributed by atoms with Crippen molar-refractivity contribution in [1.29, 1.82) is 0 Å². The van der Waals surface area contributed by atoms with Gasteiger partial charge in [0.1, 0.15) is 11.6 Å². The first-order valence-electron chi connectivity index (χ1n) is 7.12. The number of nitrogens with one attached hydrogen (secondary N) is 2. The molecule has 6 nitrogen and oxygen atoms in total. The number of anilines is 2. The summed E-state index contributed by atoms with van der Waals surface area (Å²) < 4.78 is 5.17. The first-order valence-corrected chi connectivity index (χ1v) is 8.00. The van der Waals surface area contributed by atoms with E-state index in [0.29, 0.717) is 6.54 Å². The first-order chi connectivity index (χ1) is 11.2. The van der Waals surface area contributed by atoms with Crippen molar-refractivity contribution in [3.05, 3.63) is 59.1 Å². The molecule has 7 heteroatoms. The molecule has 0 unspecified atom stereocenters. The van der Waals surface area contributed by atoms with Gasteiger partial charge in [0.05, 0.1) is 24.9 Å². The fourth-order valence-electron chi connectivity index (χ4n) is 1.99. The summed E-state index contributed by atoms with van der Waals surface area (Å²) in [7, 11) is 0. The molecule has 118 valence electrons. The second-order valence-corrected chi connectivity index (χ2v) is 5.88. The summed E-state index contributed by atoms with van der Waals surface area (Å²) in [6, 6.07) is 7.48. The van der Waals surface area contributed by atoms with Gasteiger partial charge in [-0.05, 0) is 36.8 Å². The van der Waals surface area contributed by atoms with Crippen LogP contribution < -0.4 is 10.6 Å². The highest BCUT2D eigenvalue weighted by atomic mass is 32.1. The average Bonchev–Trinajstić information content (AvgIpc) is 3.17. The Hall–Kier alpha value is -2.67. The minimum atomic E-state index is -0.0908. The number of aryl methyl sites for hydroxylation is 1. The van der Waals surface area contributed by atoms with E-state index in [9.17, 15) is 4.79 Å². The molecule has 0 fully saturated rings. The third-order valence-electron chi connectivity index (χ3n) is 3.08. The molecule has 1 amide bonds. The van der Waals surface area contributed by atoms with Crippen LogP contribution in [0.25, 0.3) is 0 Å². The number of rotatable bonds is 6. The lowest BCUT2D eigenvalue weighted by Crippen LogP contribution is -2.24. The molecule has 0 aromatic carbocycles. The lowest BCUT2D eigenvalue weighted by molar-refractivity contribution is -0.120. The van der Waals surface area contributed by atoms with E-state index < -0.39 is 0 Å². The second kappa shape index (κ2) is 7.06. The van der Waals surface area contributed by atoms with Crippen LogP contribution in [0.1, 0.15) is 17.0 Å². The van der Waals surface area contributed by atoms with Crippen LogP contribution in [0.2, 0.25) is 0 Å². The van der Waals surface area contributed by atoms with Crippen LogP contribution in [0.3, 0.4) is 0 Å². The summed E-state index contributed by atoms with van der Waals surface area (Å²) in [5.74, 6) is 1.38. The molecule has 0 radical (unpaired) electrons. The van der Waals surface area contributed by atoms with Gasteiger partial charge in [0, 0.05) is 11.6 Å². The van der Waals surface area contributed by atoms with Crippen LogP contribution in [0, 0.1) is 6.92 Å². The Morgan fingerprint density at radius 1 is 1.39 bits per heavy atom. The number of hydrogen-bond donors (Lipinski definition) is 2. The smallest absolute Gasteiger partial charge is 0.226 e. The molecule has 3 heterocycles. The third-order valence-corrected chi connectivity index (χ3v) is 3.89. The highest BCUT2D eigenvalue weighted by Gasteiger charge is 2.09. The van der Waals surface area contributed by atoms with Gasteiger partial charge >= 0.3 is 0 Å². The Morgan fingerprint density at radius 3 is 3.09 bits per heavy atom. The van der Waals surface area contributed by atoms with E-state index in [1.54, 1.807) is 18.5 Å². The van der Waals surface area contributed by atoms with Crippen LogP contribution in [0.5, 0.6) is 0 Å². The molecule has 0 bridgehead atoms. The minimum Gasteiger partial charge on any atom is -0.467 e. The molecule has 3 rings (SSSR count). The maximum atomic E-state index is 11.9. The van der Waals surface area contributed by atoms with Crippen molar-refractivity contribution in [3.63, 3.8) is 0 Å². The summed E-state index contributed by atoms with van der Waals surface area (Å²) in [6.45, 7) is 2.39. The van der Waals surface area contributed by atoms with E-state index in [1.165, 1.54) is 11.3 Å². The molecule has 3 aromatic heterocycles. The molecular weight excluding hydrogens is 312 g/mol. The van der Waals surface area contributed by atoms with Gasteiger partial charge in [-0.15, -0.1) is 11.3 Å². The summed E-state index contributed by atoms with van der Waals surface area (Å²) in [5, 5.41) is 8.53. The van der Waals surface area contributed by atoms with Crippen molar-refractivity contribution in [2.45, 2.75) is 19.9 Å². The van der Waals surface area contributed by atoms with Crippen LogP contribution >= 0.6 is 11.3 Å². The zero-order valence-electron chi connectivity index (χ0n) is 12.6. The average molecular weight is 328 g/mol. The molecule has 3 aromatic rings. The number of amides is 1. The zero-order chi connectivity index (χ0) is 16.1. The summed E-state index contributed by atoms with van der Waals surface area (Å²) in [5.41, 5.74) is 1.85. The van der Waals surface area contributed by atoms with Crippen molar-refractivity contribution in [1.82, 2.24) is 15.3 Å². The largest absolute Gasteiger partial charge is 0.467 e. The molecule has 0 aliphatic carbocycles. The number of furan rings is 1. The molecule has 0 saturated heterocycles. The predicted octanol–water partition coefficient (Wildman–Crippen LogP) is 3.04. The number of thiazole rings is 1. The van der Waals surface area contributed by atoms with Gasteiger partial charge in [-0.1, -0.05) is 0 Å². The SMILES string of the molecule is Cc1ccnc(Nc2nc(CC(=O)NCc3ccco3)cs2)c1. The Bertz CT molecular complexity index is 783. The van der Waals surface area contributed by atoms with Crippen LogP contribution in [0.4, 0.5) is 10.9 Å². The van der Waals surface area contributed by atoms with Gasteiger partial charge in [0.25, 0.3) is 0 Å². The molecule has 23 heavy (non-hydrogen) atoms. The molecule has 0 aliphatic rings. The van der Waals surface area contributed by atoms with E-state index in [0.717, 1.165) is 28.0 Å². The number of nitrogens with zero attached hydrogens (tertiary/aromatic N) is 2. The minimum absolute atomic E-state index is 0.0908. The first kappa shape index (κ1) is 15.2. The summed E-state index contributed by atoms with van der Waals surface area (Å²) in [4.78, 5) is 20.5. The number of aromatic nitrogens is 2. The molecular formula is C16H16N4O2S. The molecule has 0 atom stereocenters. The van der Waals surface area contributed by atoms with Crippen molar-refractivity contribution in [3.8, 4) is 0 Å². The van der Waals surface area contributed by atoms with Gasteiger partial charge in [0.15, 0.2) is 5.13 Å². The lowest BCUT2D eigenvalue weighted by atomic mass is 10.3. The van der Waals surface area contributed by atoms with Gasteiger partial charge in [0.2, 0.25) is 5.91 Å². The lowest BCUT2D eigenvalue weighted by Gasteiger charge is -2.02. The molecule has 2 N–H and O–H groups in total. The van der Waals surface area contributed by atoms with Crippen molar-refractivity contribution in [2.24, 2.45) is 0 Å². The number of pyridine rings is 1. The van der Waals surface area contributed by atoms with E-state index in [-0.39, 0.29) is 12.3 Å². The fraction of sp³-hybridized carbons (Fsp3) is 0.188. The number of carbonyl (C=O) groups is 1. The van der Waals surface area contributed by atoms with Gasteiger partial charge in [-0.3, -0.25) is 4.79 Å². The van der Waals surface area contributed by atoms with Gasteiger partial charge in [-0.2, -0.15) is 0 Å². The van der Waals surface area contributed by atoms with E-state index in [2.05, 4.69) is 20.6 Å². The van der Waals surface area contributed by atoms with Gasteiger partial charge in [-0.25, -0.2) is 9.97 Å². The normalized spacial score (nSPS) is 10.5. The van der Waals surface area contributed by atoms with Crippen molar-refractivity contribution in [2.75, 3.05) is 5.32 Å². The maximum absolute atomic E-state index is 11.9. The standard InChI is InChI=1S/C16H16N4O2S/c1-11-4-5-17-14(7-11)20-16-19-12(10-23-16)8-15(21)18-9-13-3-2-6-22-13/h2-7,10H,8-9H2,1H3,(H,18,21)(H,17,19,20). The number of hydrogen-bond acceptors (Lipinski definition) is 6. The van der Waals surface area contributed by atoms with Crippen LogP contribution in [-0.4, -0.2) is 15.9 Å². The monoisotopic (exact) mass is 328 g/mol. The Morgan fingerprint density at radius 2 is 2.30 bits per heavy atom. The number of carbonyl (C=O) groups excluding carboxylic acids is 1. The van der Waals surface area contributed by atoms with Crippen molar-refractivity contribution >= 4 is 28.2 Å². The summed E-state index contributed by atoms with van der Waals surface area (Å²) >= 11 is 1.45. The Balaban J connectivity index is 1.53. The van der Waals surface area contributed by atoms with Crippen LogP contribution in [-0.2, 0) is 17.8 Å². The van der Waals surface area contributed by atoms with Gasteiger partial charge < -0.3 is 15.1 Å². The highest BCUT2D eigenvalue weighted by molar-refractivity contribution is 7.13. The fourth-order valence-corrected chi connectivity index (χ4v) is 2.70. The summed E-state index contributed by atoms with van der Waals surface area (Å²) in [6.07, 6.45) is 3.56. The highest BCUT2D eigenvalue weighted by Crippen LogP contribution is 2.20. The Kier molecular flexibility index (Phi) is 4.68. The van der Waals surface area contributed by atoms with Crippen LogP contribution in [0.15, 0.2) is 46.5 Å². The Labute approximate surface area is 137 Å². The molecule has 0 spiro atoms. The zero-order valence-corrected chi connectivity index (χ0v) is 13.4. The predicted molar refractivity (Wildman–Crippen MR) is 88.6 cm³/mol. The second-order valence-electron chi connectivity index (χ2n) is 5.02. The van der Waals surface area contributed by atoms with Crippen molar-refractivity contribution < 1.29 is 9.21 Å². The quantitative estimate of drug-likeness (QED) is 0.727. The molecule has 0 saturated carbocycles. The molecule has 0 aliphatic heterocycles. The topological polar surface area (TPSA) is 80.0 Å². The van der Waals surface area contributed by atoms with E-state index >= 15 is 0 Å². The maximum Gasteiger partial charge on any atom is 0.226 e. The van der Waals surface area contributed by atoms with E-state index in [1.807, 2.05) is 30.5 Å².